The van der Waals surface area contributed by atoms with Gasteiger partial charge in [0.2, 0.25) is 0 Å². The van der Waals surface area contributed by atoms with Gasteiger partial charge in [0.15, 0.2) is 11.5 Å². The van der Waals surface area contributed by atoms with Crippen molar-refractivity contribution < 1.29 is 9.47 Å². The number of nitrogens with one attached hydrogen (secondary N) is 1. The van der Waals surface area contributed by atoms with Crippen LogP contribution < -0.4 is 14.8 Å². The average Bonchev–Trinajstić information content (AvgIpc) is 2.90. The molecule has 1 aliphatic heterocycles. The molecule has 6 heteroatoms. The van der Waals surface area contributed by atoms with Crippen molar-refractivity contribution in [3.8, 4) is 28.4 Å². The molecule has 0 bridgehead atoms. The fourth-order valence-electron chi connectivity index (χ4n) is 3.69. The first-order valence-electron chi connectivity index (χ1n) is 9.47. The molecule has 0 amide bonds. The number of halogens is 1. The van der Waals surface area contributed by atoms with Gasteiger partial charge in [-0.2, -0.15) is 5.10 Å². The summed E-state index contributed by atoms with van der Waals surface area (Å²) < 4.78 is 13.1. The Morgan fingerprint density at radius 1 is 1.11 bits per heavy atom. The maximum atomic E-state index is 6.39. The zero-order valence-corrected chi connectivity index (χ0v) is 17.1. The molecule has 146 valence electrons. The van der Waals surface area contributed by atoms with E-state index in [-0.39, 0.29) is 0 Å². The first kappa shape index (κ1) is 18.7. The molecule has 0 spiro atoms. The highest BCUT2D eigenvalue weighted by Gasteiger charge is 2.25. The van der Waals surface area contributed by atoms with Crippen LogP contribution in [-0.2, 0) is 6.42 Å². The molecule has 2 heterocycles. The van der Waals surface area contributed by atoms with Crippen molar-refractivity contribution in [1.29, 1.82) is 0 Å². The SMILES string of the molecule is COc1cccc(-c2nn(-c3ccc(C)c(Cl)c3)c3c2CCCCN3)c1OC. The van der Waals surface area contributed by atoms with Crippen LogP contribution in [0.4, 0.5) is 5.82 Å². The molecule has 0 fully saturated rings. The lowest BCUT2D eigenvalue weighted by molar-refractivity contribution is 0.356. The van der Waals surface area contributed by atoms with Gasteiger partial charge in [0, 0.05) is 22.7 Å². The molecule has 2 aromatic carbocycles. The summed E-state index contributed by atoms with van der Waals surface area (Å²) in [5.74, 6) is 2.42. The van der Waals surface area contributed by atoms with E-state index in [1.165, 1.54) is 5.56 Å². The van der Waals surface area contributed by atoms with Gasteiger partial charge in [0.1, 0.15) is 11.5 Å². The minimum Gasteiger partial charge on any atom is -0.493 e. The van der Waals surface area contributed by atoms with Gasteiger partial charge in [-0.1, -0.05) is 23.7 Å². The monoisotopic (exact) mass is 397 g/mol. The van der Waals surface area contributed by atoms with Gasteiger partial charge in [-0.3, -0.25) is 0 Å². The van der Waals surface area contributed by atoms with Crippen LogP contribution in [0.3, 0.4) is 0 Å². The lowest BCUT2D eigenvalue weighted by Gasteiger charge is -2.12. The zero-order chi connectivity index (χ0) is 19.7. The van der Waals surface area contributed by atoms with Gasteiger partial charge in [-0.25, -0.2) is 4.68 Å². The third-order valence-corrected chi connectivity index (χ3v) is 5.59. The van der Waals surface area contributed by atoms with Gasteiger partial charge in [-0.15, -0.1) is 0 Å². The van der Waals surface area contributed by atoms with E-state index in [9.17, 15) is 0 Å². The zero-order valence-electron chi connectivity index (χ0n) is 16.4. The van der Waals surface area contributed by atoms with E-state index in [0.29, 0.717) is 11.5 Å². The Morgan fingerprint density at radius 2 is 1.96 bits per heavy atom. The minimum atomic E-state index is 0.697. The summed E-state index contributed by atoms with van der Waals surface area (Å²) in [6.07, 6.45) is 3.19. The molecule has 0 unspecified atom stereocenters. The molecule has 0 aliphatic carbocycles. The topological polar surface area (TPSA) is 48.3 Å². The van der Waals surface area contributed by atoms with Crippen molar-refractivity contribution in [3.63, 3.8) is 0 Å². The summed E-state index contributed by atoms with van der Waals surface area (Å²) in [5.41, 5.74) is 5.03. The van der Waals surface area contributed by atoms with Gasteiger partial charge in [0.25, 0.3) is 0 Å². The second-order valence-corrected chi connectivity index (χ2v) is 7.35. The molecule has 0 atom stereocenters. The number of methoxy groups -OCH3 is 2. The van der Waals surface area contributed by atoms with Crippen molar-refractivity contribution >= 4 is 17.4 Å². The number of para-hydroxylation sites is 1. The summed E-state index contributed by atoms with van der Waals surface area (Å²) in [7, 11) is 3.31. The third-order valence-electron chi connectivity index (χ3n) is 5.19. The Kier molecular flexibility index (Phi) is 5.18. The standard InChI is InChI=1S/C22H24ClN3O2/c1-14-10-11-15(13-18(14)23)26-22-17(7-4-5-12-24-22)20(25-26)16-8-6-9-19(27-2)21(16)28-3/h6,8-11,13,24H,4-5,7,12H2,1-3H3. The number of hydrogen-bond acceptors (Lipinski definition) is 4. The normalized spacial score (nSPS) is 13.4. The van der Waals surface area contributed by atoms with E-state index < -0.39 is 0 Å². The quantitative estimate of drug-likeness (QED) is 0.651. The predicted octanol–water partition coefficient (Wildman–Crippen LogP) is 5.27. The average molecular weight is 398 g/mol. The number of rotatable bonds is 4. The highest BCUT2D eigenvalue weighted by molar-refractivity contribution is 6.31. The van der Waals surface area contributed by atoms with E-state index in [1.54, 1.807) is 14.2 Å². The lowest BCUT2D eigenvalue weighted by atomic mass is 10.0. The molecule has 0 saturated heterocycles. The summed E-state index contributed by atoms with van der Waals surface area (Å²) in [5, 5.41) is 9.29. The molecule has 3 aromatic rings. The molecule has 0 radical (unpaired) electrons. The van der Waals surface area contributed by atoms with Gasteiger partial charge < -0.3 is 14.8 Å². The fraction of sp³-hybridized carbons (Fsp3) is 0.318. The number of anilines is 1. The summed E-state index contributed by atoms with van der Waals surface area (Å²) in [6.45, 7) is 2.92. The van der Waals surface area contributed by atoms with Crippen LogP contribution in [0.2, 0.25) is 5.02 Å². The Bertz CT molecular complexity index is 1010. The molecule has 1 N–H and O–H groups in total. The lowest BCUT2D eigenvalue weighted by Crippen LogP contribution is -2.07. The number of aromatic nitrogens is 2. The van der Waals surface area contributed by atoms with E-state index in [0.717, 1.165) is 59.2 Å². The highest BCUT2D eigenvalue weighted by Crippen LogP contribution is 2.42. The molecule has 1 aliphatic rings. The van der Waals surface area contributed by atoms with Crippen molar-refractivity contribution in [2.45, 2.75) is 26.2 Å². The number of ether oxygens (including phenoxy) is 2. The van der Waals surface area contributed by atoms with Crippen molar-refractivity contribution in [3.05, 3.63) is 52.5 Å². The summed E-state index contributed by atoms with van der Waals surface area (Å²) >= 11 is 6.39. The molecule has 1 aromatic heterocycles. The van der Waals surface area contributed by atoms with Crippen LogP contribution in [0, 0.1) is 6.92 Å². The number of aryl methyl sites for hydroxylation is 1. The third kappa shape index (κ3) is 3.20. The van der Waals surface area contributed by atoms with E-state index in [1.807, 2.05) is 48.0 Å². The Morgan fingerprint density at radius 3 is 2.71 bits per heavy atom. The summed E-state index contributed by atoms with van der Waals surface area (Å²) in [6, 6.07) is 11.9. The van der Waals surface area contributed by atoms with Crippen LogP contribution >= 0.6 is 11.6 Å². The maximum Gasteiger partial charge on any atom is 0.170 e. The van der Waals surface area contributed by atoms with Crippen LogP contribution in [0.25, 0.3) is 16.9 Å². The maximum absolute atomic E-state index is 6.39. The van der Waals surface area contributed by atoms with Crippen LogP contribution in [0.15, 0.2) is 36.4 Å². The van der Waals surface area contributed by atoms with Crippen LogP contribution in [0.5, 0.6) is 11.5 Å². The molecular formula is C22H24ClN3O2. The van der Waals surface area contributed by atoms with Gasteiger partial charge in [-0.05, 0) is 56.0 Å². The van der Waals surface area contributed by atoms with Gasteiger partial charge >= 0.3 is 0 Å². The Balaban J connectivity index is 1.95. The van der Waals surface area contributed by atoms with Crippen LogP contribution in [0.1, 0.15) is 24.0 Å². The molecular weight excluding hydrogens is 374 g/mol. The highest BCUT2D eigenvalue weighted by atomic mass is 35.5. The number of benzene rings is 2. The van der Waals surface area contributed by atoms with Crippen LogP contribution in [-0.4, -0.2) is 30.5 Å². The first-order chi connectivity index (χ1) is 13.6. The first-order valence-corrected chi connectivity index (χ1v) is 9.85. The Hall–Kier alpha value is -2.66. The molecule has 0 saturated carbocycles. The fourth-order valence-corrected chi connectivity index (χ4v) is 3.87. The number of hydrogen-bond donors (Lipinski definition) is 1. The second-order valence-electron chi connectivity index (χ2n) is 6.95. The Labute approximate surface area is 170 Å². The molecule has 4 rings (SSSR count). The van der Waals surface area contributed by atoms with Gasteiger partial charge in [0.05, 0.1) is 19.9 Å². The molecule has 28 heavy (non-hydrogen) atoms. The predicted molar refractivity (Wildman–Crippen MR) is 113 cm³/mol. The molecule has 5 nitrogen and oxygen atoms in total. The second kappa shape index (κ2) is 7.76. The van der Waals surface area contributed by atoms with Crippen molar-refractivity contribution in [2.75, 3.05) is 26.1 Å². The van der Waals surface area contributed by atoms with E-state index in [2.05, 4.69) is 5.32 Å². The minimum absolute atomic E-state index is 0.697. The smallest absolute Gasteiger partial charge is 0.170 e. The van der Waals surface area contributed by atoms with Crippen molar-refractivity contribution in [2.24, 2.45) is 0 Å². The largest absolute Gasteiger partial charge is 0.493 e. The van der Waals surface area contributed by atoms with E-state index in [4.69, 9.17) is 26.2 Å². The number of nitrogens with zero attached hydrogens (tertiary/aromatic N) is 2. The summed E-state index contributed by atoms with van der Waals surface area (Å²) in [4.78, 5) is 0. The number of fused-ring (bicyclic) bond motifs is 1. The van der Waals surface area contributed by atoms with Crippen molar-refractivity contribution in [1.82, 2.24) is 9.78 Å². The van der Waals surface area contributed by atoms with E-state index >= 15 is 0 Å².